The first-order valence-electron chi connectivity index (χ1n) is 3.31. The van der Waals surface area contributed by atoms with Gasteiger partial charge in [-0.25, -0.2) is 0 Å². The summed E-state index contributed by atoms with van der Waals surface area (Å²) in [5.74, 6) is 0. The van der Waals surface area contributed by atoms with Crippen LogP contribution < -0.4 is 0 Å². The zero-order chi connectivity index (χ0) is 10.1. The molecule has 0 saturated heterocycles. The summed E-state index contributed by atoms with van der Waals surface area (Å²) in [7, 11) is -4.43. The minimum Gasteiger partial charge on any atom is -0.371 e. The highest BCUT2D eigenvalue weighted by Crippen LogP contribution is 2.20. The Labute approximate surface area is 84.1 Å². The number of rotatable bonds is 2. The third kappa shape index (κ3) is 2.77. The minimum absolute atomic E-state index is 0.130. The molecule has 1 rings (SSSR count). The van der Waals surface area contributed by atoms with Gasteiger partial charge in [0.2, 0.25) is 5.44 Å². The summed E-state index contributed by atoms with van der Waals surface area (Å²) in [6.07, 6.45) is 0. The van der Waals surface area contributed by atoms with Crippen LogP contribution in [0.25, 0.3) is 0 Å². The predicted molar refractivity (Wildman–Crippen MR) is 50.7 cm³/mol. The highest BCUT2D eigenvalue weighted by atomic mass is 79.9. The van der Waals surface area contributed by atoms with Crippen molar-refractivity contribution in [3.63, 3.8) is 0 Å². The molecule has 1 unspecified atom stereocenters. The third-order valence-corrected chi connectivity index (χ3v) is 2.80. The van der Waals surface area contributed by atoms with Crippen LogP contribution in [0.2, 0.25) is 0 Å². The van der Waals surface area contributed by atoms with Crippen LogP contribution in [0.1, 0.15) is 11.0 Å². The van der Waals surface area contributed by atoms with Gasteiger partial charge in [0, 0.05) is 4.47 Å². The normalized spacial score (nSPS) is 14.1. The van der Waals surface area contributed by atoms with Crippen LogP contribution in [0.3, 0.4) is 0 Å². The van der Waals surface area contributed by atoms with Gasteiger partial charge in [0.15, 0.2) is 0 Å². The van der Waals surface area contributed by atoms with E-state index in [0.717, 1.165) is 4.47 Å². The standard InChI is InChI=1S/C7H7BrO4S/c8-6-3-1-5(2-4-6)7(9)13(10,11)12/h1-4,7,9H,(H,10,11,12). The van der Waals surface area contributed by atoms with Crippen molar-refractivity contribution in [1.82, 2.24) is 0 Å². The number of aliphatic hydroxyl groups is 1. The van der Waals surface area contributed by atoms with Crippen molar-refractivity contribution in [3.05, 3.63) is 34.3 Å². The Morgan fingerprint density at radius 1 is 1.23 bits per heavy atom. The zero-order valence-corrected chi connectivity index (χ0v) is 8.79. The Morgan fingerprint density at radius 3 is 2.08 bits per heavy atom. The number of hydrogen-bond acceptors (Lipinski definition) is 3. The number of benzene rings is 1. The number of hydrogen-bond donors (Lipinski definition) is 2. The van der Waals surface area contributed by atoms with E-state index in [-0.39, 0.29) is 5.56 Å². The Hall–Kier alpha value is -0.430. The van der Waals surface area contributed by atoms with Crippen molar-refractivity contribution in [1.29, 1.82) is 0 Å². The van der Waals surface area contributed by atoms with Gasteiger partial charge in [-0.15, -0.1) is 0 Å². The molecule has 0 radical (unpaired) electrons. The smallest absolute Gasteiger partial charge is 0.296 e. The van der Waals surface area contributed by atoms with E-state index in [1.54, 1.807) is 12.1 Å². The molecule has 6 heteroatoms. The van der Waals surface area contributed by atoms with E-state index in [4.69, 9.17) is 9.66 Å². The van der Waals surface area contributed by atoms with Gasteiger partial charge in [0.1, 0.15) is 0 Å². The lowest BCUT2D eigenvalue weighted by molar-refractivity contribution is 0.238. The van der Waals surface area contributed by atoms with Crippen molar-refractivity contribution in [2.75, 3.05) is 0 Å². The van der Waals surface area contributed by atoms with Crippen LogP contribution in [0, 0.1) is 0 Å². The molecule has 1 atom stereocenters. The summed E-state index contributed by atoms with van der Waals surface area (Å²) >= 11 is 3.15. The fourth-order valence-corrected chi connectivity index (χ4v) is 1.56. The van der Waals surface area contributed by atoms with E-state index in [0.29, 0.717) is 0 Å². The summed E-state index contributed by atoms with van der Waals surface area (Å²) in [4.78, 5) is 0. The molecule has 0 bridgehead atoms. The average Bonchev–Trinajstić information content (AvgIpc) is 2.03. The molecule has 0 aliphatic heterocycles. The van der Waals surface area contributed by atoms with E-state index in [1.165, 1.54) is 12.1 Å². The largest absolute Gasteiger partial charge is 0.371 e. The molecule has 2 N–H and O–H groups in total. The monoisotopic (exact) mass is 266 g/mol. The van der Waals surface area contributed by atoms with Gasteiger partial charge in [-0.3, -0.25) is 4.55 Å². The van der Waals surface area contributed by atoms with Crippen molar-refractivity contribution >= 4 is 26.0 Å². The molecule has 0 aliphatic carbocycles. The lowest BCUT2D eigenvalue weighted by Gasteiger charge is -2.06. The highest BCUT2D eigenvalue weighted by molar-refractivity contribution is 9.10. The molecule has 0 aliphatic rings. The molecule has 4 nitrogen and oxygen atoms in total. The van der Waals surface area contributed by atoms with Gasteiger partial charge >= 0.3 is 0 Å². The number of aliphatic hydroxyl groups excluding tert-OH is 1. The summed E-state index contributed by atoms with van der Waals surface area (Å²) in [5, 5.41) is 9.09. The molecule has 13 heavy (non-hydrogen) atoms. The van der Waals surface area contributed by atoms with Crippen LogP contribution in [-0.4, -0.2) is 18.1 Å². The lowest BCUT2D eigenvalue weighted by Crippen LogP contribution is -2.10. The van der Waals surface area contributed by atoms with Gasteiger partial charge in [-0.05, 0) is 17.7 Å². The molecule has 0 spiro atoms. The van der Waals surface area contributed by atoms with Crippen molar-refractivity contribution in [3.8, 4) is 0 Å². The molecule has 1 aromatic carbocycles. The molecular weight excluding hydrogens is 260 g/mol. The van der Waals surface area contributed by atoms with Gasteiger partial charge in [0.05, 0.1) is 0 Å². The molecule has 72 valence electrons. The molecule has 0 heterocycles. The maximum Gasteiger partial charge on any atom is 0.296 e. The van der Waals surface area contributed by atoms with Crippen LogP contribution in [0.4, 0.5) is 0 Å². The maximum absolute atomic E-state index is 10.5. The quantitative estimate of drug-likeness (QED) is 0.792. The van der Waals surface area contributed by atoms with E-state index in [1.807, 2.05) is 0 Å². The van der Waals surface area contributed by atoms with Crippen LogP contribution in [-0.2, 0) is 10.1 Å². The summed E-state index contributed by atoms with van der Waals surface area (Å²) in [6, 6.07) is 5.96. The SMILES string of the molecule is O=S(=O)(O)C(O)c1ccc(Br)cc1. The first kappa shape index (κ1) is 10.6. The Morgan fingerprint density at radius 2 is 1.69 bits per heavy atom. The topological polar surface area (TPSA) is 74.6 Å². The van der Waals surface area contributed by atoms with Crippen molar-refractivity contribution in [2.45, 2.75) is 5.44 Å². The van der Waals surface area contributed by atoms with E-state index < -0.39 is 15.6 Å². The molecular formula is C7H7BrO4S. The Kier molecular flexibility index (Phi) is 3.07. The fourth-order valence-electron chi connectivity index (χ4n) is 0.799. The Balaban J connectivity index is 3.04. The summed E-state index contributed by atoms with van der Waals surface area (Å²) in [6.45, 7) is 0. The van der Waals surface area contributed by atoms with E-state index in [2.05, 4.69) is 15.9 Å². The maximum atomic E-state index is 10.5. The fraction of sp³-hybridized carbons (Fsp3) is 0.143. The summed E-state index contributed by atoms with van der Waals surface area (Å²) < 4.78 is 30.3. The second kappa shape index (κ2) is 3.75. The lowest BCUT2D eigenvalue weighted by atomic mass is 10.2. The van der Waals surface area contributed by atoms with Crippen LogP contribution >= 0.6 is 15.9 Å². The summed E-state index contributed by atoms with van der Waals surface area (Å²) in [5.41, 5.74) is -1.74. The second-order valence-corrected chi connectivity index (χ2v) is 4.81. The Bertz CT molecular complexity index is 383. The molecule has 0 aromatic heterocycles. The first-order chi connectivity index (χ1) is 5.91. The van der Waals surface area contributed by atoms with Gasteiger partial charge < -0.3 is 5.11 Å². The van der Waals surface area contributed by atoms with Crippen LogP contribution in [0.5, 0.6) is 0 Å². The predicted octanol–water partition coefficient (Wildman–Crippen LogP) is 1.33. The van der Waals surface area contributed by atoms with Crippen molar-refractivity contribution in [2.24, 2.45) is 0 Å². The zero-order valence-electron chi connectivity index (χ0n) is 6.38. The average molecular weight is 267 g/mol. The highest BCUT2D eigenvalue weighted by Gasteiger charge is 2.21. The van der Waals surface area contributed by atoms with Gasteiger partial charge in [0.25, 0.3) is 10.1 Å². The van der Waals surface area contributed by atoms with Crippen LogP contribution in [0.15, 0.2) is 28.7 Å². The van der Waals surface area contributed by atoms with Gasteiger partial charge in [-0.2, -0.15) is 8.42 Å². The number of halogens is 1. The molecule has 1 aromatic rings. The molecule has 0 saturated carbocycles. The minimum atomic E-state index is -4.43. The third-order valence-electron chi connectivity index (χ3n) is 1.44. The second-order valence-electron chi connectivity index (χ2n) is 2.42. The van der Waals surface area contributed by atoms with E-state index in [9.17, 15) is 8.42 Å². The van der Waals surface area contributed by atoms with E-state index >= 15 is 0 Å². The first-order valence-corrected chi connectivity index (χ1v) is 5.61. The molecule has 0 fully saturated rings. The van der Waals surface area contributed by atoms with Crippen molar-refractivity contribution < 1.29 is 18.1 Å². The van der Waals surface area contributed by atoms with Gasteiger partial charge in [-0.1, -0.05) is 28.1 Å². The molecule has 0 amide bonds.